The summed E-state index contributed by atoms with van der Waals surface area (Å²) in [5.41, 5.74) is 4.90. The summed E-state index contributed by atoms with van der Waals surface area (Å²) in [6.07, 6.45) is 5.08. The maximum absolute atomic E-state index is 6.40. The van der Waals surface area contributed by atoms with E-state index in [9.17, 15) is 0 Å². The summed E-state index contributed by atoms with van der Waals surface area (Å²) in [4.78, 5) is 5.17. The van der Waals surface area contributed by atoms with Crippen molar-refractivity contribution in [1.82, 2.24) is 15.1 Å². The van der Waals surface area contributed by atoms with E-state index >= 15 is 0 Å². The van der Waals surface area contributed by atoms with Gasteiger partial charge >= 0.3 is 0 Å². The number of nitrogens with one attached hydrogen (secondary N) is 1. The van der Waals surface area contributed by atoms with Crippen molar-refractivity contribution >= 4 is 5.70 Å². The van der Waals surface area contributed by atoms with Gasteiger partial charge in [-0.15, -0.1) is 0 Å². The lowest BCUT2D eigenvalue weighted by atomic mass is 9.90. The summed E-state index contributed by atoms with van der Waals surface area (Å²) in [5, 5.41) is 3.52. The first kappa shape index (κ1) is 27.5. The molecule has 3 aromatic carbocycles. The van der Waals surface area contributed by atoms with E-state index < -0.39 is 0 Å². The summed E-state index contributed by atoms with van der Waals surface area (Å²) >= 11 is 0. The van der Waals surface area contributed by atoms with Gasteiger partial charge in [0.25, 0.3) is 0 Å². The number of hydrogen-bond acceptors (Lipinski definition) is 4. The molecule has 0 radical (unpaired) electrons. The summed E-state index contributed by atoms with van der Waals surface area (Å²) in [6, 6.07) is 30.3. The topological polar surface area (TPSA) is 27.7 Å². The van der Waals surface area contributed by atoms with Crippen molar-refractivity contribution in [1.29, 1.82) is 0 Å². The molecule has 5 rings (SSSR count). The van der Waals surface area contributed by atoms with E-state index in [0.29, 0.717) is 5.92 Å². The summed E-state index contributed by atoms with van der Waals surface area (Å²) in [6.45, 7) is 14.3. The number of benzene rings is 3. The Kier molecular flexibility index (Phi) is 9.74. The SMILES string of the molecule is C=C(NCCN1CCCC(C)C1)c1ccc(OC2CCN(CC(c3ccccc3)c3ccccc3)CC2)cc1. The third-order valence-electron chi connectivity index (χ3n) is 8.39. The molecule has 1 unspecified atom stereocenters. The lowest BCUT2D eigenvalue weighted by molar-refractivity contribution is 0.0988. The van der Waals surface area contributed by atoms with Crippen LogP contribution in [0.3, 0.4) is 0 Å². The molecule has 0 amide bonds. The van der Waals surface area contributed by atoms with Crippen molar-refractivity contribution in [2.24, 2.45) is 5.92 Å². The van der Waals surface area contributed by atoms with Crippen LogP contribution in [0.2, 0.25) is 0 Å². The number of ether oxygens (including phenoxy) is 1. The van der Waals surface area contributed by atoms with E-state index in [1.807, 2.05) is 0 Å². The number of nitrogens with zero attached hydrogens (tertiary/aromatic N) is 2. The summed E-state index contributed by atoms with van der Waals surface area (Å²) in [5.74, 6) is 2.17. The third-order valence-corrected chi connectivity index (χ3v) is 8.39. The predicted molar refractivity (Wildman–Crippen MR) is 163 cm³/mol. The Labute approximate surface area is 235 Å². The van der Waals surface area contributed by atoms with Crippen LogP contribution in [0.4, 0.5) is 0 Å². The molecule has 2 fully saturated rings. The molecule has 2 aliphatic heterocycles. The zero-order chi connectivity index (χ0) is 26.9. The highest BCUT2D eigenvalue weighted by Gasteiger charge is 2.24. The zero-order valence-corrected chi connectivity index (χ0v) is 23.6. The highest BCUT2D eigenvalue weighted by atomic mass is 16.5. The van der Waals surface area contributed by atoms with E-state index in [4.69, 9.17) is 4.74 Å². The second-order valence-electron chi connectivity index (χ2n) is 11.5. The standard InChI is InChI=1S/C35H45N3O/c1-28-10-9-22-37(26-28)25-21-36-29(2)30-15-17-33(18-16-30)39-34-19-23-38(24-20-34)27-35(31-11-5-3-6-12-31)32-13-7-4-8-14-32/h3-8,11-18,28,34-36H,2,9-10,19-27H2,1H3. The van der Waals surface area contributed by atoms with Gasteiger partial charge in [-0.1, -0.05) is 74.2 Å². The minimum atomic E-state index is 0.271. The van der Waals surface area contributed by atoms with E-state index in [1.54, 1.807) is 0 Å². The Hall–Kier alpha value is -3.08. The fourth-order valence-electron chi connectivity index (χ4n) is 6.13. The van der Waals surface area contributed by atoms with Crippen molar-refractivity contribution in [2.75, 3.05) is 45.8 Å². The van der Waals surface area contributed by atoms with Crippen LogP contribution in [-0.4, -0.2) is 61.7 Å². The molecule has 0 saturated carbocycles. The third kappa shape index (κ3) is 7.97. The molecule has 4 nitrogen and oxygen atoms in total. The fraction of sp³-hybridized carbons (Fsp3) is 0.429. The number of piperidine rings is 2. The lowest BCUT2D eigenvalue weighted by Gasteiger charge is -2.34. The normalized spacial score (nSPS) is 19.2. The van der Waals surface area contributed by atoms with Crippen LogP contribution in [0.15, 0.2) is 91.5 Å². The Morgan fingerprint density at radius 3 is 2.10 bits per heavy atom. The molecule has 1 atom stereocenters. The van der Waals surface area contributed by atoms with Crippen LogP contribution in [0.25, 0.3) is 5.70 Å². The minimum absolute atomic E-state index is 0.271. The minimum Gasteiger partial charge on any atom is -0.490 e. The van der Waals surface area contributed by atoms with Crippen LogP contribution in [0, 0.1) is 5.92 Å². The largest absolute Gasteiger partial charge is 0.490 e. The molecular weight excluding hydrogens is 478 g/mol. The van der Waals surface area contributed by atoms with E-state index in [2.05, 4.69) is 114 Å². The summed E-state index contributed by atoms with van der Waals surface area (Å²) in [7, 11) is 0. The first-order valence-corrected chi connectivity index (χ1v) is 14.9. The molecule has 39 heavy (non-hydrogen) atoms. The first-order chi connectivity index (χ1) is 19.1. The molecular formula is C35H45N3O. The number of likely N-dealkylation sites (tertiary alicyclic amines) is 2. The first-order valence-electron chi connectivity index (χ1n) is 14.9. The van der Waals surface area contributed by atoms with Gasteiger partial charge in [-0.05, 0) is 79.1 Å². The molecule has 3 aromatic rings. The van der Waals surface area contributed by atoms with Gasteiger partial charge in [-0.2, -0.15) is 0 Å². The van der Waals surface area contributed by atoms with Gasteiger partial charge in [0.15, 0.2) is 0 Å². The van der Waals surface area contributed by atoms with Crippen LogP contribution >= 0.6 is 0 Å². The molecule has 0 spiro atoms. The Morgan fingerprint density at radius 1 is 0.846 bits per heavy atom. The molecule has 2 heterocycles. The smallest absolute Gasteiger partial charge is 0.119 e. The Morgan fingerprint density at radius 2 is 1.49 bits per heavy atom. The monoisotopic (exact) mass is 523 g/mol. The Bertz CT molecular complexity index is 1100. The second-order valence-corrected chi connectivity index (χ2v) is 11.5. The van der Waals surface area contributed by atoms with Crippen LogP contribution in [-0.2, 0) is 0 Å². The van der Waals surface area contributed by atoms with E-state index in [1.165, 1.54) is 37.1 Å². The molecule has 2 aliphatic rings. The van der Waals surface area contributed by atoms with E-state index in [-0.39, 0.29) is 6.10 Å². The highest BCUT2D eigenvalue weighted by molar-refractivity contribution is 5.62. The van der Waals surface area contributed by atoms with Gasteiger partial charge in [0.2, 0.25) is 0 Å². The molecule has 4 heteroatoms. The highest BCUT2D eigenvalue weighted by Crippen LogP contribution is 2.28. The van der Waals surface area contributed by atoms with Gasteiger partial charge in [0.1, 0.15) is 11.9 Å². The molecule has 2 saturated heterocycles. The lowest BCUT2D eigenvalue weighted by Crippen LogP contribution is -2.40. The van der Waals surface area contributed by atoms with Crippen molar-refractivity contribution in [3.8, 4) is 5.75 Å². The Balaban J connectivity index is 1.07. The number of rotatable bonds is 11. The van der Waals surface area contributed by atoms with Crippen molar-refractivity contribution in [3.63, 3.8) is 0 Å². The van der Waals surface area contributed by atoms with Crippen LogP contribution < -0.4 is 10.1 Å². The molecule has 0 aromatic heterocycles. The van der Waals surface area contributed by atoms with Gasteiger partial charge < -0.3 is 19.9 Å². The van der Waals surface area contributed by atoms with Gasteiger partial charge in [-0.3, -0.25) is 0 Å². The van der Waals surface area contributed by atoms with Gasteiger partial charge in [0.05, 0.1) is 0 Å². The zero-order valence-electron chi connectivity index (χ0n) is 23.6. The van der Waals surface area contributed by atoms with Crippen LogP contribution in [0.1, 0.15) is 55.2 Å². The average molecular weight is 524 g/mol. The molecule has 1 N–H and O–H groups in total. The second kappa shape index (κ2) is 13.8. The molecule has 206 valence electrons. The van der Waals surface area contributed by atoms with Gasteiger partial charge in [0, 0.05) is 50.9 Å². The molecule has 0 bridgehead atoms. The summed E-state index contributed by atoms with van der Waals surface area (Å²) < 4.78 is 6.40. The van der Waals surface area contributed by atoms with Crippen LogP contribution in [0.5, 0.6) is 5.75 Å². The molecule has 0 aliphatic carbocycles. The predicted octanol–water partition coefficient (Wildman–Crippen LogP) is 6.65. The average Bonchev–Trinajstić information content (AvgIpc) is 2.98. The van der Waals surface area contributed by atoms with E-state index in [0.717, 1.165) is 68.5 Å². The number of hydrogen-bond donors (Lipinski definition) is 1. The van der Waals surface area contributed by atoms with Crippen molar-refractivity contribution in [3.05, 3.63) is 108 Å². The van der Waals surface area contributed by atoms with Crippen molar-refractivity contribution in [2.45, 2.75) is 44.6 Å². The fourth-order valence-corrected chi connectivity index (χ4v) is 6.13. The quantitative estimate of drug-likeness (QED) is 0.304. The maximum Gasteiger partial charge on any atom is 0.119 e. The maximum atomic E-state index is 6.40. The van der Waals surface area contributed by atoms with Gasteiger partial charge in [-0.25, -0.2) is 0 Å². The van der Waals surface area contributed by atoms with Crippen molar-refractivity contribution < 1.29 is 4.74 Å².